The van der Waals surface area contributed by atoms with Crippen LogP contribution in [0.2, 0.25) is 0 Å². The number of H-pyrrole nitrogens is 1. The predicted molar refractivity (Wildman–Crippen MR) is 131 cm³/mol. The van der Waals surface area contributed by atoms with Crippen LogP contribution in [-0.2, 0) is 6.42 Å². The number of nitrogens with one attached hydrogen (secondary N) is 1. The highest BCUT2D eigenvalue weighted by molar-refractivity contribution is 5.96. The van der Waals surface area contributed by atoms with Gasteiger partial charge in [0.05, 0.1) is 11.6 Å². The van der Waals surface area contributed by atoms with Crippen LogP contribution in [0.25, 0.3) is 0 Å². The monoisotopic (exact) mass is 460 g/mol. The SMILES string of the molecule is CN1CCCCCCN(C(=O)c2ccn[nH]2)[C@@H](Cc2ccccc2)COc2ccccc2C1=O. The van der Waals surface area contributed by atoms with Gasteiger partial charge in [0.2, 0.25) is 0 Å². The average molecular weight is 461 g/mol. The van der Waals surface area contributed by atoms with E-state index in [1.165, 1.54) is 0 Å². The Morgan fingerprint density at radius 3 is 2.50 bits per heavy atom. The van der Waals surface area contributed by atoms with Crippen LogP contribution >= 0.6 is 0 Å². The fourth-order valence-electron chi connectivity index (χ4n) is 4.37. The number of benzene rings is 2. The minimum absolute atomic E-state index is 0.0438. The maximum atomic E-state index is 13.5. The zero-order valence-electron chi connectivity index (χ0n) is 19.7. The van der Waals surface area contributed by atoms with Gasteiger partial charge in [-0.3, -0.25) is 14.7 Å². The number of nitrogens with zero attached hydrogens (tertiary/aromatic N) is 3. The maximum absolute atomic E-state index is 13.5. The summed E-state index contributed by atoms with van der Waals surface area (Å²) in [6, 6.07) is 19.0. The molecule has 0 unspecified atom stereocenters. The molecule has 2 aromatic carbocycles. The number of hydrogen-bond acceptors (Lipinski definition) is 4. The van der Waals surface area contributed by atoms with E-state index in [1.54, 1.807) is 23.2 Å². The molecule has 7 nitrogen and oxygen atoms in total. The molecule has 1 aliphatic heterocycles. The molecular formula is C27H32N4O3. The lowest BCUT2D eigenvalue weighted by atomic mass is 10.0. The van der Waals surface area contributed by atoms with E-state index in [-0.39, 0.29) is 24.5 Å². The molecule has 0 aliphatic carbocycles. The van der Waals surface area contributed by atoms with E-state index in [1.807, 2.05) is 48.3 Å². The van der Waals surface area contributed by atoms with Crippen molar-refractivity contribution in [1.29, 1.82) is 0 Å². The second-order valence-electron chi connectivity index (χ2n) is 8.76. The van der Waals surface area contributed by atoms with Crippen molar-refractivity contribution in [3.8, 4) is 5.75 Å². The van der Waals surface area contributed by atoms with Crippen molar-refractivity contribution in [2.75, 3.05) is 26.7 Å². The van der Waals surface area contributed by atoms with E-state index in [0.29, 0.717) is 36.5 Å². The molecular weight excluding hydrogens is 428 g/mol. The van der Waals surface area contributed by atoms with Crippen molar-refractivity contribution in [2.24, 2.45) is 0 Å². The van der Waals surface area contributed by atoms with Gasteiger partial charge in [-0.2, -0.15) is 5.10 Å². The molecule has 1 atom stereocenters. The summed E-state index contributed by atoms with van der Waals surface area (Å²) in [5, 5.41) is 6.79. The number of ether oxygens (including phenoxy) is 1. The Hall–Kier alpha value is -3.61. The Bertz CT molecular complexity index is 1070. The van der Waals surface area contributed by atoms with Gasteiger partial charge in [-0.05, 0) is 43.0 Å². The van der Waals surface area contributed by atoms with Crippen LogP contribution in [0, 0.1) is 0 Å². The lowest BCUT2D eigenvalue weighted by Crippen LogP contribution is -2.46. The number of carbonyl (C=O) groups excluding carboxylic acids is 2. The second-order valence-corrected chi connectivity index (χ2v) is 8.76. The van der Waals surface area contributed by atoms with E-state index in [0.717, 1.165) is 31.2 Å². The number of rotatable bonds is 3. The summed E-state index contributed by atoms with van der Waals surface area (Å²) in [6.07, 6.45) is 6.05. The first-order chi connectivity index (χ1) is 16.6. The fraction of sp³-hybridized carbons (Fsp3) is 0.370. The van der Waals surface area contributed by atoms with Crippen molar-refractivity contribution in [3.63, 3.8) is 0 Å². The molecule has 2 heterocycles. The zero-order chi connectivity index (χ0) is 23.8. The van der Waals surface area contributed by atoms with Crippen LogP contribution < -0.4 is 4.74 Å². The number of aromatic nitrogens is 2. The molecule has 7 heteroatoms. The quantitative estimate of drug-likeness (QED) is 0.636. The van der Waals surface area contributed by atoms with Crippen molar-refractivity contribution < 1.29 is 14.3 Å². The average Bonchev–Trinajstić information content (AvgIpc) is 3.41. The largest absolute Gasteiger partial charge is 0.491 e. The molecule has 0 bridgehead atoms. The van der Waals surface area contributed by atoms with Gasteiger partial charge in [0.15, 0.2) is 0 Å². The van der Waals surface area contributed by atoms with Gasteiger partial charge in [0.25, 0.3) is 11.8 Å². The molecule has 3 aromatic rings. The van der Waals surface area contributed by atoms with Crippen LogP contribution in [0.1, 0.15) is 52.1 Å². The normalized spacial score (nSPS) is 18.0. The summed E-state index contributed by atoms with van der Waals surface area (Å²) >= 11 is 0. The number of amides is 2. The molecule has 178 valence electrons. The topological polar surface area (TPSA) is 78.5 Å². The van der Waals surface area contributed by atoms with Crippen molar-refractivity contribution >= 4 is 11.8 Å². The third kappa shape index (κ3) is 5.84. The summed E-state index contributed by atoms with van der Waals surface area (Å²) in [4.78, 5) is 30.2. The van der Waals surface area contributed by atoms with E-state index in [9.17, 15) is 9.59 Å². The number of aromatic amines is 1. The van der Waals surface area contributed by atoms with Gasteiger partial charge in [-0.1, -0.05) is 55.3 Å². The van der Waals surface area contributed by atoms with Gasteiger partial charge < -0.3 is 14.5 Å². The van der Waals surface area contributed by atoms with Crippen LogP contribution in [0.3, 0.4) is 0 Å². The van der Waals surface area contributed by atoms with Gasteiger partial charge >= 0.3 is 0 Å². The zero-order valence-corrected chi connectivity index (χ0v) is 19.7. The number of carbonyl (C=O) groups is 2. The molecule has 2 amide bonds. The second kappa shape index (κ2) is 11.5. The molecule has 0 saturated carbocycles. The summed E-state index contributed by atoms with van der Waals surface area (Å²) in [5.74, 6) is 0.416. The first-order valence-electron chi connectivity index (χ1n) is 11.9. The first-order valence-corrected chi connectivity index (χ1v) is 11.9. The predicted octanol–water partition coefficient (Wildman–Crippen LogP) is 4.19. The highest BCUT2D eigenvalue weighted by Gasteiger charge is 2.27. The Balaban J connectivity index is 1.66. The minimum Gasteiger partial charge on any atom is -0.491 e. The lowest BCUT2D eigenvalue weighted by molar-refractivity contribution is 0.0593. The smallest absolute Gasteiger partial charge is 0.272 e. The Morgan fingerprint density at radius 2 is 1.74 bits per heavy atom. The van der Waals surface area contributed by atoms with Crippen molar-refractivity contribution in [1.82, 2.24) is 20.0 Å². The Kier molecular flexibility index (Phi) is 7.96. The van der Waals surface area contributed by atoms with Gasteiger partial charge in [-0.15, -0.1) is 0 Å². The molecule has 0 saturated heterocycles. The lowest BCUT2D eigenvalue weighted by Gasteiger charge is -2.32. The molecule has 1 N–H and O–H groups in total. The standard InChI is InChI=1S/C27H32N4O3/c1-30-17-9-2-3-10-18-31(27(33)24-15-16-28-29-24)22(19-21-11-5-4-6-12-21)20-34-25-14-8-7-13-23(25)26(30)32/h4-8,11-16,22H,2-3,9-10,17-20H2,1H3,(H,28,29)/t22-/m0/s1. The van der Waals surface area contributed by atoms with E-state index >= 15 is 0 Å². The molecule has 0 fully saturated rings. The van der Waals surface area contributed by atoms with Gasteiger partial charge in [0, 0.05) is 26.3 Å². The highest BCUT2D eigenvalue weighted by atomic mass is 16.5. The molecule has 1 aliphatic rings. The summed E-state index contributed by atoms with van der Waals surface area (Å²) < 4.78 is 6.27. The van der Waals surface area contributed by atoms with Crippen LogP contribution in [0.15, 0.2) is 66.9 Å². The molecule has 4 rings (SSSR count). The number of fused-ring (bicyclic) bond motifs is 1. The highest BCUT2D eigenvalue weighted by Crippen LogP contribution is 2.23. The van der Waals surface area contributed by atoms with Gasteiger partial charge in [-0.25, -0.2) is 0 Å². The molecule has 34 heavy (non-hydrogen) atoms. The number of hydrogen-bond donors (Lipinski definition) is 1. The summed E-state index contributed by atoms with van der Waals surface area (Å²) in [7, 11) is 1.84. The van der Waals surface area contributed by atoms with Crippen LogP contribution in [0.4, 0.5) is 0 Å². The van der Waals surface area contributed by atoms with E-state index in [4.69, 9.17) is 4.74 Å². The van der Waals surface area contributed by atoms with Crippen LogP contribution in [0.5, 0.6) is 5.75 Å². The Labute approximate surface area is 200 Å². The van der Waals surface area contributed by atoms with Crippen LogP contribution in [-0.4, -0.2) is 64.6 Å². The minimum atomic E-state index is -0.206. The number of para-hydroxylation sites is 1. The van der Waals surface area contributed by atoms with Gasteiger partial charge in [0.1, 0.15) is 18.1 Å². The first kappa shape index (κ1) is 23.5. The van der Waals surface area contributed by atoms with E-state index < -0.39 is 0 Å². The third-order valence-corrected chi connectivity index (χ3v) is 6.28. The maximum Gasteiger partial charge on any atom is 0.272 e. The molecule has 0 radical (unpaired) electrons. The van der Waals surface area contributed by atoms with Crippen molar-refractivity contribution in [2.45, 2.75) is 38.1 Å². The Morgan fingerprint density at radius 1 is 1.00 bits per heavy atom. The summed E-state index contributed by atoms with van der Waals surface area (Å²) in [6.45, 7) is 1.61. The molecule has 0 spiro atoms. The molecule has 1 aromatic heterocycles. The fourth-order valence-corrected chi connectivity index (χ4v) is 4.37. The van der Waals surface area contributed by atoms with Crippen molar-refractivity contribution in [3.05, 3.63) is 83.7 Å². The third-order valence-electron chi connectivity index (χ3n) is 6.28. The van der Waals surface area contributed by atoms with E-state index in [2.05, 4.69) is 22.3 Å². The summed E-state index contributed by atoms with van der Waals surface area (Å²) in [5.41, 5.74) is 2.15.